The number of nitrogens with zero attached hydrogens (tertiary/aromatic N) is 4. The van der Waals surface area contributed by atoms with E-state index in [1.165, 1.54) is 36.2 Å². The zero-order valence-corrected chi connectivity index (χ0v) is 30.0. The van der Waals surface area contributed by atoms with E-state index in [0.717, 1.165) is 66.0 Å². The van der Waals surface area contributed by atoms with Gasteiger partial charge in [-0.15, -0.1) is 0 Å². The number of likely N-dealkylation sites (tertiary alicyclic amines) is 1. The van der Waals surface area contributed by atoms with Crippen molar-refractivity contribution in [3.05, 3.63) is 136 Å². The van der Waals surface area contributed by atoms with E-state index in [2.05, 4.69) is 32.4 Å². The summed E-state index contributed by atoms with van der Waals surface area (Å²) in [6.07, 6.45) is 5.76. The normalized spacial score (nSPS) is 20.0. The molecule has 12 nitrogen and oxygen atoms in total. The Morgan fingerprint density at radius 1 is 0.810 bits per heavy atom. The van der Waals surface area contributed by atoms with Gasteiger partial charge in [-0.3, -0.25) is 24.6 Å². The van der Waals surface area contributed by atoms with Crippen molar-refractivity contribution < 1.29 is 33.3 Å². The number of carbonyl (C=O) groups is 2. The van der Waals surface area contributed by atoms with E-state index in [9.17, 15) is 23.9 Å². The van der Waals surface area contributed by atoms with Gasteiger partial charge in [0, 0.05) is 44.1 Å². The number of hydrogen-bond donors (Lipinski definition) is 2. The molecule has 13 heteroatoms. The molecule has 2 saturated heterocycles. The highest BCUT2D eigenvalue weighted by Gasteiger charge is 2.33. The highest BCUT2D eigenvalue weighted by atomic mass is 19.1. The first kappa shape index (κ1) is 43.1. The molecule has 1 unspecified atom stereocenters. The van der Waals surface area contributed by atoms with Crippen LogP contribution in [0.3, 0.4) is 0 Å². The highest BCUT2D eigenvalue weighted by Crippen LogP contribution is 2.47. The van der Waals surface area contributed by atoms with Crippen molar-refractivity contribution in [3.63, 3.8) is 0 Å². The quantitative estimate of drug-likeness (QED) is 0.129. The molecular formula is C45H52FN5O7. The lowest BCUT2D eigenvalue weighted by atomic mass is 9.69. The summed E-state index contributed by atoms with van der Waals surface area (Å²) in [6, 6.07) is 24.5. The number of hydrogen-bond acceptors (Lipinski definition) is 10. The summed E-state index contributed by atoms with van der Waals surface area (Å²) in [5.74, 6) is 1.18. The number of carbonyl (C=O) groups excluding carboxylic acids is 2. The topological polar surface area (TPSA) is 145 Å². The Hall–Kier alpha value is -6.08. The Labute approximate surface area is 338 Å². The van der Waals surface area contributed by atoms with Crippen LogP contribution < -0.4 is 25.1 Å². The molecule has 3 aromatic carbocycles. The van der Waals surface area contributed by atoms with Gasteiger partial charge in [0.25, 0.3) is 11.5 Å². The summed E-state index contributed by atoms with van der Waals surface area (Å²) < 4.78 is 32.9. The molecule has 58 heavy (non-hydrogen) atoms. The molecule has 2 aromatic heterocycles. The molecule has 8 rings (SSSR count). The minimum atomic E-state index is -0.844. The number of amides is 2. The third-order valence-electron chi connectivity index (χ3n) is 10.6. The molecule has 5 aromatic rings. The molecule has 2 aliphatic heterocycles. The van der Waals surface area contributed by atoms with Crippen LogP contribution in [0.1, 0.15) is 88.1 Å². The Bertz CT molecular complexity index is 2230. The minimum Gasteiger partial charge on any atom is -0.508 e. The third-order valence-corrected chi connectivity index (χ3v) is 10.6. The predicted octanol–water partition coefficient (Wildman–Crippen LogP) is 7.56. The number of aryl methyl sites for hydroxylation is 1. The first-order valence-electron chi connectivity index (χ1n) is 18.5. The van der Waals surface area contributed by atoms with Gasteiger partial charge in [-0.25, -0.2) is 14.1 Å². The van der Waals surface area contributed by atoms with Gasteiger partial charge in [-0.1, -0.05) is 52.6 Å². The number of ether oxygens (including phenoxy) is 3. The Balaban J connectivity index is 0.00000214. The van der Waals surface area contributed by atoms with Crippen LogP contribution in [0.15, 0.2) is 102 Å². The van der Waals surface area contributed by atoms with Gasteiger partial charge in [0.05, 0.1) is 12.4 Å². The number of benzene rings is 3. The fourth-order valence-corrected chi connectivity index (χ4v) is 7.86. The predicted molar refractivity (Wildman–Crippen MR) is 219 cm³/mol. The molecule has 2 fully saturated rings. The van der Waals surface area contributed by atoms with Crippen molar-refractivity contribution in [1.29, 1.82) is 0 Å². The van der Waals surface area contributed by atoms with Crippen molar-refractivity contribution in [2.75, 3.05) is 26.2 Å². The average Bonchev–Trinajstić information content (AvgIpc) is 3.63. The van der Waals surface area contributed by atoms with E-state index >= 15 is 0 Å². The minimum absolute atomic E-state index is 0. The van der Waals surface area contributed by atoms with Crippen LogP contribution in [0.25, 0.3) is 0 Å². The zero-order chi connectivity index (χ0) is 37.9. The van der Waals surface area contributed by atoms with Crippen molar-refractivity contribution in [1.82, 2.24) is 25.0 Å². The van der Waals surface area contributed by atoms with Gasteiger partial charge in [0.1, 0.15) is 41.8 Å². The molecule has 306 valence electrons. The van der Waals surface area contributed by atoms with E-state index in [-0.39, 0.29) is 76.3 Å². The van der Waals surface area contributed by atoms with Gasteiger partial charge in [-0.2, -0.15) is 5.10 Å². The fraction of sp³-hybridized carbons (Fsp3) is 0.356. The maximum Gasteiger partial charge on any atom is 0.271 e. The van der Waals surface area contributed by atoms with Gasteiger partial charge in [0.15, 0.2) is 5.75 Å². The molecule has 2 N–H and O–H groups in total. The zero-order valence-electron chi connectivity index (χ0n) is 30.0. The number of nitrogens with one attached hydrogen (secondary N) is 1. The first-order valence-corrected chi connectivity index (χ1v) is 18.5. The highest BCUT2D eigenvalue weighted by molar-refractivity contribution is 5.99. The number of piperidine rings is 1. The fourth-order valence-electron chi connectivity index (χ4n) is 7.86. The SMILES string of the molecule is C.C.C.O=C1CCC(n2ncc(Oc3ccc(O[C@H]4CCN(CCOc5ccc([C@@H]6c7ccc(O)cc7CC[C@@H]6c6ccc(F)cc6)cc5)C4)nc3)cc2=O)C(=O)N1. The number of aromatic nitrogens is 3. The van der Waals surface area contributed by atoms with Gasteiger partial charge < -0.3 is 19.3 Å². The van der Waals surface area contributed by atoms with Crippen LogP contribution in [0, 0.1) is 5.82 Å². The van der Waals surface area contributed by atoms with Crippen molar-refractivity contribution >= 4 is 11.8 Å². The van der Waals surface area contributed by atoms with E-state index < -0.39 is 17.5 Å². The summed E-state index contributed by atoms with van der Waals surface area (Å²) in [7, 11) is 0. The largest absolute Gasteiger partial charge is 0.508 e. The summed E-state index contributed by atoms with van der Waals surface area (Å²) in [5.41, 5.74) is 4.06. The summed E-state index contributed by atoms with van der Waals surface area (Å²) in [6.45, 7) is 2.86. The third kappa shape index (κ3) is 9.71. The van der Waals surface area contributed by atoms with E-state index in [4.69, 9.17) is 14.2 Å². The molecule has 3 aliphatic rings. The second-order valence-electron chi connectivity index (χ2n) is 14.2. The number of aromatic hydroxyl groups is 1. The van der Waals surface area contributed by atoms with E-state index in [0.29, 0.717) is 18.2 Å². The molecule has 0 radical (unpaired) electrons. The van der Waals surface area contributed by atoms with Crippen LogP contribution in [0.4, 0.5) is 4.39 Å². The number of fused-ring (bicyclic) bond motifs is 1. The van der Waals surface area contributed by atoms with Crippen LogP contribution >= 0.6 is 0 Å². The second kappa shape index (κ2) is 18.9. The lowest BCUT2D eigenvalue weighted by Gasteiger charge is -2.35. The maximum atomic E-state index is 13.8. The van der Waals surface area contributed by atoms with Gasteiger partial charge >= 0.3 is 0 Å². The number of imide groups is 1. The lowest BCUT2D eigenvalue weighted by molar-refractivity contribution is -0.136. The number of halogens is 1. The molecule has 0 saturated carbocycles. The van der Waals surface area contributed by atoms with Crippen molar-refractivity contribution in [2.24, 2.45) is 0 Å². The van der Waals surface area contributed by atoms with E-state index in [1.54, 1.807) is 18.2 Å². The van der Waals surface area contributed by atoms with Gasteiger partial charge in [-0.05, 0) is 96.3 Å². The lowest BCUT2D eigenvalue weighted by Crippen LogP contribution is -2.45. The summed E-state index contributed by atoms with van der Waals surface area (Å²) in [4.78, 5) is 42.9. The van der Waals surface area contributed by atoms with E-state index in [1.807, 2.05) is 36.4 Å². The maximum absolute atomic E-state index is 13.8. The molecule has 4 heterocycles. The second-order valence-corrected chi connectivity index (χ2v) is 14.2. The van der Waals surface area contributed by atoms with Crippen LogP contribution in [0.2, 0.25) is 0 Å². The monoisotopic (exact) mass is 793 g/mol. The molecule has 2 amide bonds. The number of rotatable bonds is 11. The van der Waals surface area contributed by atoms with Gasteiger partial charge in [0.2, 0.25) is 11.8 Å². The van der Waals surface area contributed by atoms with Crippen molar-refractivity contribution in [2.45, 2.75) is 78.4 Å². The van der Waals surface area contributed by atoms with Crippen LogP contribution in [-0.4, -0.2) is 68.9 Å². The van der Waals surface area contributed by atoms with Crippen LogP contribution in [0.5, 0.6) is 28.9 Å². The Kier molecular flexibility index (Phi) is 14.0. The van der Waals surface area contributed by atoms with Crippen LogP contribution in [-0.2, 0) is 16.0 Å². The smallest absolute Gasteiger partial charge is 0.271 e. The standard InChI is InChI=1S/C42H40FN5O7.3CH4/c43-29-6-1-26(2-7-29)35-12-5-28-21-30(49)8-13-36(28)41(35)27-3-9-31(10-4-27)53-20-19-47-18-17-33(25-47)55-39-16-11-32(23-44-39)54-34-22-40(51)48(45-24-34)37-14-15-38(50)46-42(37)52;;;/h1-4,6-11,13,16,21-24,33,35,37,41,49H,5,12,14-15,17-20,25H2,(H,46,50,52);3*1H4/t33-,35+,37?,41-;;;/m0.../s1. The summed E-state index contributed by atoms with van der Waals surface area (Å²) >= 11 is 0. The number of pyridine rings is 1. The van der Waals surface area contributed by atoms with Crippen molar-refractivity contribution in [3.8, 4) is 28.9 Å². The Morgan fingerprint density at radius 3 is 2.29 bits per heavy atom. The number of phenolic OH excluding ortho intramolecular Hbond substituents is 1. The molecule has 1 aliphatic carbocycles. The molecule has 0 bridgehead atoms. The summed E-state index contributed by atoms with van der Waals surface area (Å²) in [5, 5.41) is 16.4. The molecule has 4 atom stereocenters. The number of phenols is 1. The molecule has 0 spiro atoms. The first-order chi connectivity index (χ1) is 26.8. The average molecular weight is 794 g/mol. The molecular weight excluding hydrogens is 742 g/mol. The Morgan fingerprint density at radius 2 is 1.57 bits per heavy atom.